The van der Waals surface area contributed by atoms with Crippen molar-refractivity contribution in [2.24, 2.45) is 0 Å². The molecule has 2 rings (SSSR count). The minimum atomic E-state index is -5.77. The number of phosphoric ester groups is 1. The first kappa shape index (κ1) is 25.5. The van der Waals surface area contributed by atoms with Crippen molar-refractivity contribution < 1.29 is 66.1 Å². The molecule has 0 amide bonds. The third-order valence-electron chi connectivity index (χ3n) is 3.30. The molecule has 1 aliphatic rings. The second kappa shape index (κ2) is 8.97. The number of aromatic nitrogens is 2. The highest BCUT2D eigenvalue weighted by molar-refractivity contribution is 7.66. The number of aromatic amines is 1. The van der Waals surface area contributed by atoms with Gasteiger partial charge in [0.15, 0.2) is 17.6 Å². The summed E-state index contributed by atoms with van der Waals surface area (Å²) in [5.41, 5.74) is -1.99. The van der Waals surface area contributed by atoms with Crippen LogP contribution in [0.15, 0.2) is 27.3 Å². The number of H-pyrrole nitrogens is 1. The van der Waals surface area contributed by atoms with Crippen LogP contribution < -0.4 is 16.0 Å². The Balaban J connectivity index is 2.15. The molecule has 0 bridgehead atoms. The van der Waals surface area contributed by atoms with Crippen LogP contribution in [0.2, 0.25) is 0 Å². The molecular formula is C10H15N2O16P3. The van der Waals surface area contributed by atoms with Crippen LogP contribution in [-0.4, -0.2) is 59.2 Å². The van der Waals surface area contributed by atoms with Crippen LogP contribution in [0.5, 0.6) is 5.75 Å². The lowest BCUT2D eigenvalue weighted by Gasteiger charge is -2.19. The predicted octanol–water partition coefficient (Wildman–Crippen LogP) is -1.45. The molecule has 1 aromatic rings. The summed E-state index contributed by atoms with van der Waals surface area (Å²) in [5.74, 6) is -2.09. The normalized spacial score (nSPS) is 23.2. The van der Waals surface area contributed by atoms with E-state index in [9.17, 15) is 38.4 Å². The van der Waals surface area contributed by atoms with Crippen LogP contribution in [-0.2, 0) is 31.6 Å². The summed E-state index contributed by atoms with van der Waals surface area (Å²) in [7, 11) is -15.8. The van der Waals surface area contributed by atoms with Crippen molar-refractivity contribution in [3.05, 3.63) is 38.6 Å². The standard InChI is InChI=1S/C10H15N2O16P3/c1-24-4-2-12(10(16)11-8(4)15)9-7(14)6(13)5(26-9)3-25-30(20,21)28-31(22,23)27-29(17,18)19/h2,7,9,13-14H,3H2,1H3,(H,20,21)(H,22,23)(H,11,15,16)(H2,17,18,19)/t7?,9-/m1/s1. The Labute approximate surface area is 170 Å². The van der Waals surface area contributed by atoms with Gasteiger partial charge in [0.05, 0.1) is 13.3 Å². The van der Waals surface area contributed by atoms with E-state index in [0.717, 1.165) is 13.3 Å². The van der Waals surface area contributed by atoms with Crippen LogP contribution in [0.4, 0.5) is 0 Å². The van der Waals surface area contributed by atoms with E-state index in [0.29, 0.717) is 4.57 Å². The highest BCUT2D eigenvalue weighted by atomic mass is 31.3. The zero-order chi connectivity index (χ0) is 23.8. The highest BCUT2D eigenvalue weighted by Crippen LogP contribution is 2.66. The van der Waals surface area contributed by atoms with Gasteiger partial charge in [-0.2, -0.15) is 8.62 Å². The molecule has 3 unspecified atom stereocenters. The van der Waals surface area contributed by atoms with Gasteiger partial charge in [0.25, 0.3) is 5.56 Å². The van der Waals surface area contributed by atoms with Gasteiger partial charge < -0.3 is 39.3 Å². The van der Waals surface area contributed by atoms with Gasteiger partial charge in [-0.1, -0.05) is 0 Å². The molecule has 31 heavy (non-hydrogen) atoms. The molecule has 0 saturated heterocycles. The Kier molecular flexibility index (Phi) is 7.37. The first-order valence-electron chi connectivity index (χ1n) is 7.50. The molecule has 4 atom stereocenters. The summed E-state index contributed by atoms with van der Waals surface area (Å²) < 4.78 is 55.2. The van der Waals surface area contributed by atoms with Crippen LogP contribution in [0.25, 0.3) is 0 Å². The van der Waals surface area contributed by atoms with Crippen molar-refractivity contribution in [1.82, 2.24) is 9.55 Å². The topological polar surface area (TPSA) is 274 Å². The van der Waals surface area contributed by atoms with E-state index < -0.39 is 65.2 Å². The van der Waals surface area contributed by atoms with Crippen molar-refractivity contribution >= 4 is 23.5 Å². The van der Waals surface area contributed by atoms with Gasteiger partial charge in [-0.15, -0.1) is 0 Å². The molecule has 0 saturated carbocycles. The number of hydrogen-bond acceptors (Lipinski definition) is 12. The summed E-state index contributed by atoms with van der Waals surface area (Å²) in [6.45, 7) is -1.20. The average molecular weight is 512 g/mol. The largest absolute Gasteiger partial charge is 0.506 e. The fraction of sp³-hybridized carbons (Fsp3) is 0.400. The van der Waals surface area contributed by atoms with E-state index in [1.807, 2.05) is 4.98 Å². The first-order chi connectivity index (χ1) is 14.1. The van der Waals surface area contributed by atoms with E-state index >= 15 is 0 Å². The lowest BCUT2D eigenvalue weighted by Crippen LogP contribution is -2.36. The summed E-state index contributed by atoms with van der Waals surface area (Å²) >= 11 is 0. The zero-order valence-corrected chi connectivity index (χ0v) is 17.7. The monoisotopic (exact) mass is 512 g/mol. The van der Waals surface area contributed by atoms with Crippen LogP contribution in [0.1, 0.15) is 6.23 Å². The number of rotatable bonds is 9. The predicted molar refractivity (Wildman–Crippen MR) is 93.5 cm³/mol. The van der Waals surface area contributed by atoms with Gasteiger partial charge >= 0.3 is 29.2 Å². The van der Waals surface area contributed by atoms with Gasteiger partial charge in [0.2, 0.25) is 12.0 Å². The van der Waals surface area contributed by atoms with Crippen molar-refractivity contribution in [3.8, 4) is 5.75 Å². The molecule has 21 heteroatoms. The fourth-order valence-corrected chi connectivity index (χ4v) is 5.11. The Morgan fingerprint density at radius 2 is 1.74 bits per heavy atom. The maximum absolute atomic E-state index is 11.9. The first-order valence-corrected chi connectivity index (χ1v) is 12.0. The molecule has 0 radical (unpaired) electrons. The molecule has 1 aromatic heterocycles. The molecule has 0 aliphatic carbocycles. The van der Waals surface area contributed by atoms with Crippen molar-refractivity contribution in [3.63, 3.8) is 0 Å². The third-order valence-corrected chi connectivity index (χ3v) is 7.09. The lowest BCUT2D eigenvalue weighted by molar-refractivity contribution is -0.0175. The van der Waals surface area contributed by atoms with Crippen LogP contribution in [0, 0.1) is 0 Å². The average Bonchev–Trinajstić information content (AvgIpc) is 2.85. The number of aliphatic hydroxyl groups excluding tert-OH is 2. The van der Waals surface area contributed by atoms with Gasteiger partial charge in [0.1, 0.15) is 6.61 Å². The van der Waals surface area contributed by atoms with E-state index in [4.69, 9.17) is 24.2 Å². The fourth-order valence-electron chi connectivity index (χ4n) is 2.13. The van der Waals surface area contributed by atoms with Crippen molar-refractivity contribution in [2.45, 2.75) is 12.3 Å². The summed E-state index contributed by atoms with van der Waals surface area (Å²) in [5, 5.41) is 20.0. The van der Waals surface area contributed by atoms with Gasteiger partial charge in [-0.3, -0.25) is 18.9 Å². The molecule has 7 N–H and O–H groups in total. The molecule has 18 nitrogen and oxygen atoms in total. The molecule has 1 aliphatic heterocycles. The SMILES string of the molecule is COc1cn([C@@H]2OC(COP(=O)(O)OP(=O)(O)OP(=O)(O)O)=C(O)C2O)c(=O)[nH]c1=O. The van der Waals surface area contributed by atoms with E-state index in [1.165, 1.54) is 0 Å². The Morgan fingerprint density at radius 1 is 1.13 bits per heavy atom. The summed E-state index contributed by atoms with van der Waals surface area (Å²) in [4.78, 5) is 60.6. The summed E-state index contributed by atoms with van der Waals surface area (Å²) in [6.07, 6.45) is -2.79. The quantitative estimate of drug-likeness (QED) is 0.186. The molecule has 0 fully saturated rings. The maximum atomic E-state index is 11.9. The molecule has 0 aromatic carbocycles. The number of aliphatic hydroxyl groups is 2. The van der Waals surface area contributed by atoms with Crippen molar-refractivity contribution in [1.29, 1.82) is 0 Å². The Bertz CT molecular complexity index is 1130. The Morgan fingerprint density at radius 3 is 2.29 bits per heavy atom. The zero-order valence-electron chi connectivity index (χ0n) is 15.0. The molecule has 2 heterocycles. The highest BCUT2D eigenvalue weighted by Gasteiger charge is 2.43. The minimum Gasteiger partial charge on any atom is -0.506 e. The van der Waals surface area contributed by atoms with Gasteiger partial charge in [0, 0.05) is 0 Å². The number of ether oxygens (including phenoxy) is 2. The van der Waals surface area contributed by atoms with E-state index in [2.05, 4.69) is 13.1 Å². The number of methoxy groups -OCH3 is 1. The molecule has 0 spiro atoms. The number of nitrogens with zero attached hydrogens (tertiary/aromatic N) is 1. The lowest BCUT2D eigenvalue weighted by atomic mass is 10.2. The smallest absolute Gasteiger partial charge is 0.490 e. The van der Waals surface area contributed by atoms with Crippen LogP contribution >= 0.6 is 23.5 Å². The number of hydrogen-bond donors (Lipinski definition) is 7. The van der Waals surface area contributed by atoms with Crippen molar-refractivity contribution in [2.75, 3.05) is 13.7 Å². The molecule has 176 valence electrons. The van der Waals surface area contributed by atoms with E-state index in [-0.39, 0.29) is 5.75 Å². The van der Waals surface area contributed by atoms with Gasteiger partial charge in [-0.05, 0) is 0 Å². The third kappa shape index (κ3) is 6.58. The maximum Gasteiger partial charge on any atom is 0.490 e. The number of nitrogens with one attached hydrogen (secondary N) is 1. The number of phosphoric acid groups is 3. The van der Waals surface area contributed by atoms with Crippen LogP contribution in [0.3, 0.4) is 0 Å². The summed E-state index contributed by atoms with van der Waals surface area (Å²) in [6, 6.07) is 0. The second-order valence-electron chi connectivity index (χ2n) is 5.49. The minimum absolute atomic E-state index is 0.364. The second-order valence-corrected chi connectivity index (χ2v) is 9.91. The molecular weight excluding hydrogens is 497 g/mol. The van der Waals surface area contributed by atoms with Gasteiger partial charge in [-0.25, -0.2) is 18.5 Å². The Hall–Kier alpha value is -1.81. The van der Waals surface area contributed by atoms with E-state index in [1.54, 1.807) is 0 Å².